The van der Waals surface area contributed by atoms with Gasteiger partial charge in [-0.2, -0.15) is 0 Å². The fourth-order valence-corrected chi connectivity index (χ4v) is 7.39. The van der Waals surface area contributed by atoms with E-state index in [1.807, 2.05) is 49.4 Å². The van der Waals surface area contributed by atoms with E-state index in [1.165, 1.54) is 18.4 Å². The molecule has 2 aliphatic rings. The topological polar surface area (TPSA) is 109 Å². The number of benzene rings is 3. The van der Waals surface area contributed by atoms with Gasteiger partial charge in [-0.05, 0) is 66.8 Å². The number of nitrogens with zero attached hydrogens (tertiary/aromatic N) is 3. The number of fused-ring (bicyclic) bond motifs is 2. The molecule has 1 saturated heterocycles. The smallest absolute Gasteiger partial charge is 0.338 e. The summed E-state index contributed by atoms with van der Waals surface area (Å²) in [6.07, 6.45) is 5.07. The van der Waals surface area contributed by atoms with Crippen molar-refractivity contribution < 1.29 is 28.5 Å². The number of ether oxygens (including phenoxy) is 4. The molecule has 3 heterocycles. The lowest BCUT2D eigenvalue weighted by molar-refractivity contribution is -0.139. The van der Waals surface area contributed by atoms with Gasteiger partial charge in [0.05, 0.1) is 36.6 Å². The van der Waals surface area contributed by atoms with Crippen molar-refractivity contribution in [1.82, 2.24) is 9.47 Å². The molecule has 1 aromatic heterocycles. The van der Waals surface area contributed by atoms with Crippen LogP contribution in [0.25, 0.3) is 16.8 Å². The van der Waals surface area contributed by atoms with E-state index in [0.29, 0.717) is 55.4 Å². The quantitative estimate of drug-likeness (QED) is 0.212. The molecule has 48 heavy (non-hydrogen) atoms. The molecule has 1 fully saturated rings. The minimum Gasteiger partial charge on any atom is -0.496 e. The van der Waals surface area contributed by atoms with Gasteiger partial charge in [0.25, 0.3) is 11.5 Å². The van der Waals surface area contributed by atoms with E-state index in [-0.39, 0.29) is 24.7 Å². The third kappa shape index (κ3) is 6.34. The first-order chi connectivity index (χ1) is 23.4. The number of carbonyl (C=O) groups excluding carboxylic acids is 2. The van der Waals surface area contributed by atoms with Gasteiger partial charge >= 0.3 is 5.97 Å². The Hall–Kier alpha value is -4.90. The van der Waals surface area contributed by atoms with Crippen molar-refractivity contribution in [3.63, 3.8) is 0 Å². The van der Waals surface area contributed by atoms with Gasteiger partial charge in [0.2, 0.25) is 0 Å². The Morgan fingerprint density at radius 1 is 0.979 bits per heavy atom. The van der Waals surface area contributed by atoms with Gasteiger partial charge in [0, 0.05) is 18.7 Å². The standard InChI is InChI=1S/C37H39N3O7S/c1-5-11-26-33(36(43)46-6-2)34(32-25-13-8-7-12-24(25)15-17-28(32)44-3)40-35(42)30(48-37(40)38-26)21-23-14-16-27(29(20-23)45-4)47-22-31(41)39-18-9-10-19-39/h7-8,12-17,20-21,34H,5-6,9-11,18-19,22H2,1-4H3/b30-21+/t34-/m0/s1. The zero-order chi connectivity index (χ0) is 33.8. The van der Waals surface area contributed by atoms with Crippen molar-refractivity contribution in [2.45, 2.75) is 45.6 Å². The van der Waals surface area contributed by atoms with Gasteiger partial charge in [0.1, 0.15) is 11.8 Å². The lowest BCUT2D eigenvalue weighted by atomic mass is 9.90. The molecule has 10 nitrogen and oxygen atoms in total. The molecule has 1 amide bonds. The normalized spacial score (nSPS) is 16.1. The van der Waals surface area contributed by atoms with Crippen LogP contribution in [0.15, 0.2) is 75.7 Å². The van der Waals surface area contributed by atoms with E-state index in [2.05, 4.69) is 0 Å². The second-order valence-electron chi connectivity index (χ2n) is 11.6. The van der Waals surface area contributed by atoms with Crippen LogP contribution in [-0.2, 0) is 14.3 Å². The lowest BCUT2D eigenvalue weighted by Gasteiger charge is -2.28. The maximum Gasteiger partial charge on any atom is 0.338 e. The molecule has 0 bridgehead atoms. The predicted octanol–water partition coefficient (Wildman–Crippen LogP) is 4.75. The van der Waals surface area contributed by atoms with Gasteiger partial charge in [-0.15, -0.1) is 0 Å². The molecule has 0 spiro atoms. The van der Waals surface area contributed by atoms with Crippen LogP contribution in [0.2, 0.25) is 0 Å². The molecule has 4 aromatic rings. The summed E-state index contributed by atoms with van der Waals surface area (Å²) in [7, 11) is 3.12. The first kappa shape index (κ1) is 33.0. The molecular weight excluding hydrogens is 630 g/mol. The fraction of sp³-hybridized carbons (Fsp3) is 0.351. The van der Waals surface area contributed by atoms with Gasteiger partial charge in [-0.3, -0.25) is 14.2 Å². The number of amides is 1. The maximum atomic E-state index is 14.4. The summed E-state index contributed by atoms with van der Waals surface area (Å²) < 4.78 is 24.9. The number of likely N-dealkylation sites (tertiary alicyclic amines) is 1. The van der Waals surface area contributed by atoms with Crippen LogP contribution in [0.5, 0.6) is 17.2 Å². The molecule has 0 saturated carbocycles. The number of carbonyl (C=O) groups is 2. The first-order valence-electron chi connectivity index (χ1n) is 16.2. The van der Waals surface area contributed by atoms with E-state index >= 15 is 0 Å². The molecule has 0 aliphatic carbocycles. The molecule has 250 valence electrons. The van der Waals surface area contributed by atoms with Crippen LogP contribution < -0.4 is 29.1 Å². The zero-order valence-electron chi connectivity index (χ0n) is 27.6. The molecule has 3 aromatic carbocycles. The Labute approximate surface area is 282 Å². The highest BCUT2D eigenvalue weighted by molar-refractivity contribution is 7.07. The minimum atomic E-state index is -0.830. The van der Waals surface area contributed by atoms with Crippen molar-refractivity contribution in [3.8, 4) is 17.2 Å². The van der Waals surface area contributed by atoms with E-state index in [1.54, 1.807) is 41.7 Å². The number of aromatic nitrogens is 1. The second kappa shape index (κ2) is 14.5. The average Bonchev–Trinajstić information content (AvgIpc) is 3.75. The van der Waals surface area contributed by atoms with Crippen LogP contribution in [0, 0.1) is 0 Å². The highest BCUT2D eigenvalue weighted by Gasteiger charge is 2.37. The van der Waals surface area contributed by atoms with Crippen molar-refractivity contribution >= 4 is 40.1 Å². The van der Waals surface area contributed by atoms with Crippen molar-refractivity contribution in [2.75, 3.05) is 40.5 Å². The third-order valence-corrected chi connectivity index (χ3v) is 9.59. The van der Waals surface area contributed by atoms with Crippen molar-refractivity contribution in [2.24, 2.45) is 4.99 Å². The number of rotatable bonds is 11. The van der Waals surface area contributed by atoms with E-state index in [9.17, 15) is 14.4 Å². The summed E-state index contributed by atoms with van der Waals surface area (Å²) in [4.78, 5) is 47.9. The molecular formula is C37H39N3O7S. The van der Waals surface area contributed by atoms with Gasteiger partial charge in [-0.25, -0.2) is 9.79 Å². The monoisotopic (exact) mass is 669 g/mol. The van der Waals surface area contributed by atoms with Crippen LogP contribution in [0.1, 0.15) is 56.7 Å². The Kier molecular flexibility index (Phi) is 9.95. The minimum absolute atomic E-state index is 0.0539. The summed E-state index contributed by atoms with van der Waals surface area (Å²) in [5, 5.41) is 1.81. The van der Waals surface area contributed by atoms with E-state index in [4.69, 9.17) is 23.9 Å². The first-order valence-corrected chi connectivity index (χ1v) is 17.1. The SMILES string of the molecule is CCCC1=C(C(=O)OCC)[C@H](c2c(OC)ccc3ccccc23)n2c(s/c(=C/c3ccc(OCC(=O)N4CCCC4)c(OC)c3)c2=O)=N1. The van der Waals surface area contributed by atoms with E-state index in [0.717, 1.165) is 43.1 Å². The number of hydrogen-bond acceptors (Lipinski definition) is 9. The number of thiazole rings is 1. The highest BCUT2D eigenvalue weighted by Crippen LogP contribution is 2.41. The number of methoxy groups -OCH3 is 2. The molecule has 0 unspecified atom stereocenters. The van der Waals surface area contributed by atoms with Crippen molar-refractivity contribution in [1.29, 1.82) is 0 Å². The summed E-state index contributed by atoms with van der Waals surface area (Å²) >= 11 is 1.26. The summed E-state index contributed by atoms with van der Waals surface area (Å²) in [6.45, 7) is 5.40. The molecule has 1 atom stereocenters. The van der Waals surface area contributed by atoms with Crippen LogP contribution in [-0.4, -0.2) is 61.9 Å². The maximum absolute atomic E-state index is 14.4. The zero-order valence-corrected chi connectivity index (χ0v) is 28.4. The number of hydrogen-bond donors (Lipinski definition) is 0. The Balaban J connectivity index is 1.48. The van der Waals surface area contributed by atoms with Gasteiger partial charge in [-0.1, -0.05) is 61.1 Å². The number of allylic oxidation sites excluding steroid dienone is 1. The lowest BCUT2D eigenvalue weighted by Crippen LogP contribution is -2.40. The highest BCUT2D eigenvalue weighted by atomic mass is 32.1. The van der Waals surface area contributed by atoms with Crippen LogP contribution >= 0.6 is 11.3 Å². The fourth-order valence-electron chi connectivity index (χ4n) is 6.37. The van der Waals surface area contributed by atoms with E-state index < -0.39 is 12.0 Å². The molecule has 11 heteroatoms. The Morgan fingerprint density at radius 3 is 2.46 bits per heavy atom. The summed E-state index contributed by atoms with van der Waals surface area (Å²) in [6, 6.07) is 16.2. The largest absolute Gasteiger partial charge is 0.496 e. The molecule has 0 N–H and O–H groups in total. The average molecular weight is 670 g/mol. The van der Waals surface area contributed by atoms with Crippen LogP contribution in [0.4, 0.5) is 0 Å². The molecule has 2 aliphatic heterocycles. The molecule has 0 radical (unpaired) electrons. The molecule has 6 rings (SSSR count). The Morgan fingerprint density at radius 2 is 1.73 bits per heavy atom. The summed E-state index contributed by atoms with van der Waals surface area (Å²) in [5.41, 5.74) is 2.02. The second-order valence-corrected chi connectivity index (χ2v) is 12.6. The third-order valence-electron chi connectivity index (χ3n) is 8.61. The predicted molar refractivity (Wildman–Crippen MR) is 184 cm³/mol. The van der Waals surface area contributed by atoms with Gasteiger partial charge in [0.15, 0.2) is 22.9 Å². The Bertz CT molecular complexity index is 2070. The number of esters is 1. The van der Waals surface area contributed by atoms with Crippen molar-refractivity contribution in [3.05, 3.63) is 96.7 Å². The summed E-state index contributed by atoms with van der Waals surface area (Å²) in [5.74, 6) is 0.870. The van der Waals surface area contributed by atoms with Gasteiger partial charge < -0.3 is 23.8 Å². The van der Waals surface area contributed by atoms with Crippen LogP contribution in [0.3, 0.4) is 0 Å².